The summed E-state index contributed by atoms with van der Waals surface area (Å²) in [5, 5.41) is 23.5. The molecule has 16 aromatic carbocycles. The van der Waals surface area contributed by atoms with Gasteiger partial charge in [0, 0.05) is 0 Å². The second kappa shape index (κ2) is 19.0. The van der Waals surface area contributed by atoms with Crippen LogP contribution in [0.1, 0.15) is 105 Å². The van der Waals surface area contributed by atoms with Gasteiger partial charge in [-0.15, -0.1) is 0 Å². The van der Waals surface area contributed by atoms with Crippen molar-refractivity contribution in [1.29, 1.82) is 0 Å². The maximum absolute atomic E-state index is 2.62. The van der Waals surface area contributed by atoms with E-state index in [9.17, 15) is 0 Å². The van der Waals surface area contributed by atoms with Gasteiger partial charge in [-0.3, -0.25) is 0 Å². The van der Waals surface area contributed by atoms with Crippen LogP contribution in [0.15, 0.2) is 231 Å². The van der Waals surface area contributed by atoms with E-state index in [2.05, 4.69) is 314 Å². The van der Waals surface area contributed by atoms with Gasteiger partial charge < -0.3 is 0 Å². The van der Waals surface area contributed by atoms with Gasteiger partial charge in [0.05, 0.1) is 0 Å². The largest absolute Gasteiger partial charge is 0.0622 e. The van der Waals surface area contributed by atoms with Gasteiger partial charge in [-0.05, 0) is 231 Å². The lowest BCUT2D eigenvalue weighted by atomic mass is 9.76. The van der Waals surface area contributed by atoms with Crippen LogP contribution in [0.2, 0.25) is 0 Å². The molecule has 0 spiro atoms. The molecular formula is C90H74. The normalized spacial score (nSPS) is 13.1. The molecule has 1 aliphatic rings. The van der Waals surface area contributed by atoms with Crippen LogP contribution in [0.25, 0.3) is 175 Å². The monoisotopic (exact) mass is 1150 g/mol. The maximum Gasteiger partial charge on any atom is -0.000718 e. The molecule has 0 fully saturated rings. The van der Waals surface area contributed by atoms with Gasteiger partial charge in [0.1, 0.15) is 0 Å². The SMILES string of the molecule is CC(C)(C)c1cc(-c2c3cc4c5ccccc5c5cccc(c3c(-c3cc(C(C)(C)C)cc(C(C)(C)C)c3)c3c6ccc(-c7ccc8c(-c9ccccc9)c9c(c(-c%10ccccc%10)c8c7)-c7cccc8cccc-9c78)c7cccc(c23)c76)c54)cc(C(C)(C)C)c1. The Morgan fingerprint density at radius 3 is 1.16 bits per heavy atom. The van der Waals surface area contributed by atoms with Crippen LogP contribution in [0.4, 0.5) is 0 Å². The average molecular weight is 1160 g/mol. The second-order valence-corrected chi connectivity index (χ2v) is 30.3. The average Bonchev–Trinajstić information content (AvgIpc) is 1.48. The fourth-order valence-corrected chi connectivity index (χ4v) is 16.1. The van der Waals surface area contributed by atoms with Crippen LogP contribution < -0.4 is 0 Å². The third-order valence-corrected chi connectivity index (χ3v) is 20.6. The summed E-state index contributed by atoms with van der Waals surface area (Å²) in [5.41, 5.74) is 23.0. The Labute approximate surface area is 529 Å². The molecule has 0 nitrogen and oxygen atoms in total. The lowest BCUT2D eigenvalue weighted by molar-refractivity contribution is 0.568. The summed E-state index contributed by atoms with van der Waals surface area (Å²) in [6.45, 7) is 28.6. The van der Waals surface area contributed by atoms with Crippen LogP contribution in [0, 0.1) is 0 Å². The topological polar surface area (TPSA) is 0 Å². The molecule has 0 aromatic heterocycles. The highest BCUT2D eigenvalue weighted by atomic mass is 14.4. The second-order valence-electron chi connectivity index (χ2n) is 30.3. The summed E-state index contributed by atoms with van der Waals surface area (Å²) in [5.74, 6) is 0. The van der Waals surface area contributed by atoms with Crippen molar-refractivity contribution in [2.24, 2.45) is 0 Å². The molecule has 90 heavy (non-hydrogen) atoms. The maximum atomic E-state index is 2.62. The van der Waals surface area contributed by atoms with E-state index in [-0.39, 0.29) is 21.7 Å². The third kappa shape index (κ3) is 7.92. The summed E-state index contributed by atoms with van der Waals surface area (Å²) in [6, 6.07) is 89.9. The number of benzene rings is 14. The Hall–Kier alpha value is -9.62. The predicted octanol–water partition coefficient (Wildman–Crippen LogP) is 26.1. The molecular weight excluding hydrogens is 1080 g/mol. The predicted molar refractivity (Wildman–Crippen MR) is 393 cm³/mol. The minimum atomic E-state index is -0.101. The van der Waals surface area contributed by atoms with Crippen molar-refractivity contribution in [3.05, 3.63) is 253 Å². The molecule has 0 radical (unpaired) electrons. The van der Waals surface area contributed by atoms with Crippen LogP contribution in [-0.4, -0.2) is 0 Å². The Morgan fingerprint density at radius 2 is 0.600 bits per heavy atom. The fraction of sp³-hybridized carbons (Fsp3) is 0.178. The van der Waals surface area contributed by atoms with Crippen molar-refractivity contribution >= 4 is 97.0 Å². The van der Waals surface area contributed by atoms with Crippen LogP contribution in [0.5, 0.6) is 0 Å². The van der Waals surface area contributed by atoms with Crippen LogP contribution in [-0.2, 0) is 21.7 Å². The first kappa shape index (κ1) is 54.5. The summed E-state index contributed by atoms with van der Waals surface area (Å²) in [7, 11) is 0. The van der Waals surface area contributed by atoms with Crippen molar-refractivity contribution in [1.82, 2.24) is 0 Å². The van der Waals surface area contributed by atoms with E-state index in [4.69, 9.17) is 0 Å². The summed E-state index contributed by atoms with van der Waals surface area (Å²) in [4.78, 5) is 0. The summed E-state index contributed by atoms with van der Waals surface area (Å²) in [6.07, 6.45) is 0. The molecule has 434 valence electrons. The number of rotatable bonds is 5. The number of hydrogen-bond acceptors (Lipinski definition) is 0. The van der Waals surface area contributed by atoms with E-state index in [0.717, 1.165) is 0 Å². The van der Waals surface area contributed by atoms with Crippen molar-refractivity contribution in [3.63, 3.8) is 0 Å². The number of fused-ring (bicyclic) bond motifs is 12. The minimum absolute atomic E-state index is 0.0995. The van der Waals surface area contributed by atoms with E-state index in [1.165, 1.54) is 197 Å². The molecule has 16 aromatic rings. The highest BCUT2D eigenvalue weighted by molar-refractivity contribution is 6.45. The summed E-state index contributed by atoms with van der Waals surface area (Å²) < 4.78 is 0. The third-order valence-electron chi connectivity index (χ3n) is 20.6. The van der Waals surface area contributed by atoms with Gasteiger partial charge in [-0.2, -0.15) is 0 Å². The zero-order valence-corrected chi connectivity index (χ0v) is 53.9. The minimum Gasteiger partial charge on any atom is -0.0622 e. The van der Waals surface area contributed by atoms with Crippen LogP contribution >= 0.6 is 0 Å². The van der Waals surface area contributed by atoms with E-state index >= 15 is 0 Å². The highest BCUT2D eigenvalue weighted by Gasteiger charge is 2.34. The highest BCUT2D eigenvalue weighted by Crippen LogP contribution is 2.60. The molecule has 0 atom stereocenters. The van der Waals surface area contributed by atoms with E-state index in [0.29, 0.717) is 0 Å². The number of hydrogen-bond donors (Lipinski definition) is 0. The van der Waals surface area contributed by atoms with Gasteiger partial charge in [0.15, 0.2) is 0 Å². The van der Waals surface area contributed by atoms with Crippen molar-refractivity contribution in [2.75, 3.05) is 0 Å². The first-order valence-electron chi connectivity index (χ1n) is 32.6. The van der Waals surface area contributed by atoms with E-state index < -0.39 is 0 Å². The molecule has 0 amide bonds. The molecule has 17 rings (SSSR count). The Morgan fingerprint density at radius 1 is 0.178 bits per heavy atom. The van der Waals surface area contributed by atoms with Crippen molar-refractivity contribution in [2.45, 2.75) is 105 Å². The standard InChI is InChI=1S/C90H74/c1-87(2,3)57-43-55(44-58(48-57)88(4,5)6)78-74-50-73-63-32-20-19-31-62(63)65-34-24-37-69(81(65)73)82(74)79(56-45-59(89(7,8)9)49-60(46-56)90(10,11)12)86-71-42-41-61(64-33-23-38-70(80(64)71)85(78)86)54-39-40-66-72(47-54)77(53-27-17-14-18-28-53)84-68-36-22-30-51-29-21-35-67(75(51)68)83(84)76(66)52-25-15-13-16-26-52/h13-50H,1-12H3. The zero-order valence-electron chi connectivity index (χ0n) is 53.9. The van der Waals surface area contributed by atoms with Gasteiger partial charge in [-0.25, -0.2) is 0 Å². The molecule has 0 aliphatic heterocycles. The van der Waals surface area contributed by atoms with E-state index in [1.54, 1.807) is 0 Å². The Bertz CT molecular complexity index is 5630. The van der Waals surface area contributed by atoms with E-state index in [1.807, 2.05) is 0 Å². The molecule has 1 aliphatic carbocycles. The zero-order chi connectivity index (χ0) is 61.7. The van der Waals surface area contributed by atoms with Crippen molar-refractivity contribution < 1.29 is 0 Å². The van der Waals surface area contributed by atoms with Gasteiger partial charge in [0.2, 0.25) is 0 Å². The quantitative estimate of drug-likeness (QED) is 0.151. The van der Waals surface area contributed by atoms with Crippen LogP contribution in [0.3, 0.4) is 0 Å². The Kier molecular flexibility index (Phi) is 11.5. The van der Waals surface area contributed by atoms with Gasteiger partial charge in [0.25, 0.3) is 0 Å². The molecule has 0 heteroatoms. The smallest absolute Gasteiger partial charge is 0.000718 e. The first-order valence-corrected chi connectivity index (χ1v) is 32.6. The lowest BCUT2D eigenvalue weighted by Gasteiger charge is -2.28. The molecule has 0 saturated heterocycles. The van der Waals surface area contributed by atoms with Gasteiger partial charge >= 0.3 is 0 Å². The molecule has 0 unspecified atom stereocenters. The lowest BCUT2D eigenvalue weighted by Crippen LogP contribution is -2.16. The Balaban J connectivity index is 1.06. The molecule has 0 saturated carbocycles. The molecule has 0 heterocycles. The molecule has 0 N–H and O–H groups in total. The molecule has 0 bridgehead atoms. The summed E-state index contributed by atoms with van der Waals surface area (Å²) >= 11 is 0. The fourth-order valence-electron chi connectivity index (χ4n) is 16.1. The van der Waals surface area contributed by atoms with Gasteiger partial charge in [-0.1, -0.05) is 301 Å². The first-order chi connectivity index (χ1) is 43.2. The van der Waals surface area contributed by atoms with Crippen molar-refractivity contribution in [3.8, 4) is 77.9 Å².